The molecule has 1 N–H and O–H groups in total. The Hall–Kier alpha value is -2.45. The summed E-state index contributed by atoms with van der Waals surface area (Å²) in [6, 6.07) is 7.12. The maximum atomic E-state index is 12.8. The molecule has 3 heterocycles. The van der Waals surface area contributed by atoms with Crippen LogP contribution < -0.4 is 10.2 Å². The SMILES string of the molecule is O=C(Nc1cccc(C(=O)N2CCN(c3nccs3)CC2)c1)C1CCCO1. The van der Waals surface area contributed by atoms with E-state index in [1.54, 1.807) is 41.8 Å². The maximum Gasteiger partial charge on any atom is 0.254 e. The molecule has 2 saturated heterocycles. The van der Waals surface area contributed by atoms with E-state index in [2.05, 4.69) is 15.2 Å². The Bertz CT molecular complexity index is 797. The average Bonchev–Trinajstić information content (AvgIpc) is 3.42. The molecule has 1 unspecified atom stereocenters. The molecule has 1 aromatic carbocycles. The first-order valence-electron chi connectivity index (χ1n) is 9.17. The Kier molecular flexibility index (Phi) is 5.35. The van der Waals surface area contributed by atoms with E-state index in [0.717, 1.165) is 31.1 Å². The van der Waals surface area contributed by atoms with Gasteiger partial charge in [-0.1, -0.05) is 6.07 Å². The van der Waals surface area contributed by atoms with E-state index in [-0.39, 0.29) is 17.9 Å². The Balaban J connectivity index is 1.37. The molecular weight excluding hydrogens is 364 g/mol. The van der Waals surface area contributed by atoms with Crippen LogP contribution in [0.1, 0.15) is 23.2 Å². The molecule has 0 radical (unpaired) electrons. The van der Waals surface area contributed by atoms with Gasteiger partial charge in [-0.05, 0) is 31.0 Å². The van der Waals surface area contributed by atoms with Crippen LogP contribution >= 0.6 is 11.3 Å². The summed E-state index contributed by atoms with van der Waals surface area (Å²) in [6.07, 6.45) is 3.06. The summed E-state index contributed by atoms with van der Waals surface area (Å²) in [4.78, 5) is 33.4. The third kappa shape index (κ3) is 4.12. The lowest BCUT2D eigenvalue weighted by Crippen LogP contribution is -2.48. The molecule has 2 aromatic rings. The number of anilines is 2. The molecule has 4 rings (SSSR count). The monoisotopic (exact) mass is 386 g/mol. The van der Waals surface area contributed by atoms with E-state index in [9.17, 15) is 9.59 Å². The predicted octanol–water partition coefficient (Wildman–Crippen LogP) is 2.22. The van der Waals surface area contributed by atoms with Gasteiger partial charge in [-0.15, -0.1) is 11.3 Å². The van der Waals surface area contributed by atoms with Gasteiger partial charge in [-0.25, -0.2) is 4.98 Å². The van der Waals surface area contributed by atoms with Crippen molar-refractivity contribution in [1.29, 1.82) is 0 Å². The number of benzene rings is 1. The molecule has 0 bridgehead atoms. The number of carbonyl (C=O) groups excluding carboxylic acids is 2. The van der Waals surface area contributed by atoms with Gasteiger partial charge >= 0.3 is 0 Å². The molecule has 0 saturated carbocycles. The Morgan fingerprint density at radius 3 is 2.78 bits per heavy atom. The van der Waals surface area contributed by atoms with Gasteiger partial charge in [0.15, 0.2) is 5.13 Å². The van der Waals surface area contributed by atoms with Gasteiger partial charge in [0.1, 0.15) is 6.10 Å². The molecule has 2 amide bonds. The number of nitrogens with one attached hydrogen (secondary N) is 1. The van der Waals surface area contributed by atoms with Gasteiger partial charge in [-0.3, -0.25) is 9.59 Å². The van der Waals surface area contributed by atoms with Crippen molar-refractivity contribution in [2.24, 2.45) is 0 Å². The number of carbonyl (C=O) groups is 2. The first kappa shape index (κ1) is 17.9. The summed E-state index contributed by atoms with van der Waals surface area (Å²) >= 11 is 1.61. The molecule has 2 aliphatic heterocycles. The summed E-state index contributed by atoms with van der Waals surface area (Å²) in [5, 5.41) is 5.82. The lowest BCUT2D eigenvalue weighted by Gasteiger charge is -2.34. The number of amides is 2. The molecule has 2 fully saturated rings. The topological polar surface area (TPSA) is 74.8 Å². The number of hydrogen-bond donors (Lipinski definition) is 1. The number of piperazine rings is 1. The van der Waals surface area contributed by atoms with E-state index >= 15 is 0 Å². The lowest BCUT2D eigenvalue weighted by atomic mass is 10.1. The highest BCUT2D eigenvalue weighted by atomic mass is 32.1. The highest BCUT2D eigenvalue weighted by molar-refractivity contribution is 7.13. The van der Waals surface area contributed by atoms with Crippen LogP contribution in [0.3, 0.4) is 0 Å². The van der Waals surface area contributed by atoms with Gasteiger partial charge in [-0.2, -0.15) is 0 Å². The number of ether oxygens (including phenoxy) is 1. The second kappa shape index (κ2) is 8.06. The van der Waals surface area contributed by atoms with Crippen LogP contribution in [-0.4, -0.2) is 60.6 Å². The number of aromatic nitrogens is 1. The lowest BCUT2D eigenvalue weighted by molar-refractivity contribution is -0.124. The minimum atomic E-state index is -0.386. The Labute approximate surface area is 161 Å². The number of nitrogens with zero attached hydrogens (tertiary/aromatic N) is 3. The van der Waals surface area contributed by atoms with Gasteiger partial charge in [0.25, 0.3) is 11.8 Å². The highest BCUT2D eigenvalue weighted by Gasteiger charge is 2.25. The molecular formula is C19H22N4O3S. The fourth-order valence-corrected chi connectivity index (χ4v) is 4.09. The Morgan fingerprint density at radius 2 is 2.07 bits per heavy atom. The smallest absolute Gasteiger partial charge is 0.254 e. The molecule has 1 aromatic heterocycles. The van der Waals surface area contributed by atoms with E-state index in [1.165, 1.54) is 0 Å². The zero-order valence-corrected chi connectivity index (χ0v) is 15.8. The van der Waals surface area contributed by atoms with Crippen LogP contribution in [-0.2, 0) is 9.53 Å². The molecule has 0 spiro atoms. The van der Waals surface area contributed by atoms with Crippen molar-refractivity contribution in [3.8, 4) is 0 Å². The number of hydrogen-bond acceptors (Lipinski definition) is 6. The van der Waals surface area contributed by atoms with Crippen molar-refractivity contribution < 1.29 is 14.3 Å². The van der Waals surface area contributed by atoms with E-state index in [4.69, 9.17) is 4.74 Å². The quantitative estimate of drug-likeness (QED) is 0.872. The fourth-order valence-electron chi connectivity index (χ4n) is 3.39. The van der Waals surface area contributed by atoms with Crippen LogP contribution in [0.5, 0.6) is 0 Å². The van der Waals surface area contributed by atoms with Crippen molar-refractivity contribution in [3.05, 3.63) is 41.4 Å². The van der Waals surface area contributed by atoms with Crippen LogP contribution in [0.4, 0.5) is 10.8 Å². The second-order valence-corrected chi connectivity index (χ2v) is 7.54. The van der Waals surface area contributed by atoms with Gasteiger partial charge in [0.2, 0.25) is 0 Å². The van der Waals surface area contributed by atoms with E-state index in [0.29, 0.717) is 30.9 Å². The van der Waals surface area contributed by atoms with E-state index < -0.39 is 0 Å². The van der Waals surface area contributed by atoms with Crippen molar-refractivity contribution in [2.75, 3.05) is 43.0 Å². The van der Waals surface area contributed by atoms with Crippen molar-refractivity contribution >= 4 is 34.0 Å². The molecule has 27 heavy (non-hydrogen) atoms. The summed E-state index contributed by atoms with van der Waals surface area (Å²) < 4.78 is 5.40. The number of rotatable bonds is 4. The first-order valence-corrected chi connectivity index (χ1v) is 10.0. The van der Waals surface area contributed by atoms with Gasteiger partial charge < -0.3 is 19.9 Å². The molecule has 1 atom stereocenters. The first-order chi connectivity index (χ1) is 13.2. The standard InChI is InChI=1S/C19H22N4O3S/c24-17(16-5-2-11-26-16)21-15-4-1-3-14(13-15)18(25)22-7-9-23(10-8-22)19-20-6-12-27-19/h1,3-4,6,12-13,16H,2,5,7-11H2,(H,21,24). The van der Waals surface area contributed by atoms with Gasteiger partial charge in [0.05, 0.1) is 0 Å². The fraction of sp³-hybridized carbons (Fsp3) is 0.421. The van der Waals surface area contributed by atoms with Gasteiger partial charge in [0, 0.05) is 55.6 Å². The van der Waals surface area contributed by atoms with Crippen LogP contribution in [0, 0.1) is 0 Å². The largest absolute Gasteiger partial charge is 0.368 e. The summed E-state index contributed by atoms with van der Waals surface area (Å²) in [7, 11) is 0. The van der Waals surface area contributed by atoms with Crippen LogP contribution in [0.15, 0.2) is 35.8 Å². The average molecular weight is 386 g/mol. The van der Waals surface area contributed by atoms with Crippen molar-refractivity contribution in [2.45, 2.75) is 18.9 Å². The molecule has 142 valence electrons. The second-order valence-electron chi connectivity index (χ2n) is 6.67. The number of thiazole rings is 1. The minimum absolute atomic E-state index is 0.0120. The summed E-state index contributed by atoms with van der Waals surface area (Å²) in [5.41, 5.74) is 1.21. The summed E-state index contributed by atoms with van der Waals surface area (Å²) in [6.45, 7) is 3.49. The molecule has 7 nitrogen and oxygen atoms in total. The van der Waals surface area contributed by atoms with Crippen molar-refractivity contribution in [3.63, 3.8) is 0 Å². The third-order valence-corrected chi connectivity index (χ3v) is 5.69. The zero-order chi connectivity index (χ0) is 18.6. The van der Waals surface area contributed by atoms with Crippen LogP contribution in [0.25, 0.3) is 0 Å². The summed E-state index contributed by atoms with van der Waals surface area (Å²) in [5.74, 6) is -0.156. The Morgan fingerprint density at radius 1 is 1.22 bits per heavy atom. The molecule has 0 aliphatic carbocycles. The molecule has 2 aliphatic rings. The molecule has 8 heteroatoms. The van der Waals surface area contributed by atoms with E-state index in [1.807, 2.05) is 10.3 Å². The zero-order valence-electron chi connectivity index (χ0n) is 15.0. The normalized spacial score (nSPS) is 19.9. The highest BCUT2D eigenvalue weighted by Crippen LogP contribution is 2.21. The third-order valence-electron chi connectivity index (χ3n) is 4.86. The maximum absolute atomic E-state index is 12.8. The van der Waals surface area contributed by atoms with Crippen LogP contribution in [0.2, 0.25) is 0 Å². The predicted molar refractivity (Wildman–Crippen MR) is 104 cm³/mol. The van der Waals surface area contributed by atoms with Crippen molar-refractivity contribution in [1.82, 2.24) is 9.88 Å². The minimum Gasteiger partial charge on any atom is -0.368 e.